The molecule has 0 aromatic carbocycles. The van der Waals surface area contributed by atoms with E-state index in [1.807, 2.05) is 51.9 Å². The fourth-order valence-electron chi connectivity index (χ4n) is 6.13. The minimum atomic E-state index is -4.19. The Hall–Kier alpha value is -3.08. The Balaban J connectivity index is 1.39. The van der Waals surface area contributed by atoms with Crippen molar-refractivity contribution in [2.24, 2.45) is 5.41 Å². The van der Waals surface area contributed by atoms with Crippen LogP contribution in [0, 0.1) is 19.3 Å². The van der Waals surface area contributed by atoms with Crippen LogP contribution in [-0.4, -0.2) is 64.4 Å². The molecule has 2 atom stereocenters. The number of rotatable bonds is 4. The molecular weight excluding hydrogens is 483 g/mol. The lowest BCUT2D eigenvalue weighted by molar-refractivity contribution is -0.337. The van der Waals surface area contributed by atoms with E-state index in [0.29, 0.717) is 35.9 Å². The van der Waals surface area contributed by atoms with Gasteiger partial charge in [0.1, 0.15) is 17.4 Å². The molecular formula is C26H30F3N7O. The molecule has 3 aromatic heterocycles. The zero-order valence-electron chi connectivity index (χ0n) is 21.6. The fraction of sp³-hybridized carbons (Fsp3) is 0.577. The molecule has 4 aliphatic rings. The highest BCUT2D eigenvalue weighted by atomic mass is 19.4. The maximum Gasteiger partial charge on any atom is 0.394 e. The number of pyridine rings is 1. The molecule has 1 saturated heterocycles. The lowest BCUT2D eigenvalue weighted by atomic mass is 9.34. The third-order valence-corrected chi connectivity index (χ3v) is 8.21. The number of fused-ring (bicyclic) bond motifs is 1. The van der Waals surface area contributed by atoms with Crippen LogP contribution in [0.15, 0.2) is 18.3 Å². The van der Waals surface area contributed by atoms with E-state index in [4.69, 9.17) is 19.7 Å². The fourth-order valence-corrected chi connectivity index (χ4v) is 6.13. The summed E-state index contributed by atoms with van der Waals surface area (Å²) in [6.07, 6.45) is -2.61. The minimum Gasteiger partial charge on any atom is -0.367 e. The van der Waals surface area contributed by atoms with Crippen LogP contribution in [0.4, 0.5) is 24.9 Å². The molecule has 3 saturated carbocycles. The molecule has 7 rings (SSSR count). The van der Waals surface area contributed by atoms with Crippen LogP contribution in [0.1, 0.15) is 54.9 Å². The number of morpholine rings is 1. The van der Waals surface area contributed by atoms with Crippen LogP contribution in [0.5, 0.6) is 0 Å². The molecule has 2 bridgehead atoms. The summed E-state index contributed by atoms with van der Waals surface area (Å²) < 4.78 is 47.2. The number of aryl methyl sites for hydroxylation is 2. The van der Waals surface area contributed by atoms with Gasteiger partial charge in [0.05, 0.1) is 35.1 Å². The zero-order chi connectivity index (χ0) is 26.3. The second kappa shape index (κ2) is 7.96. The Morgan fingerprint density at radius 2 is 1.73 bits per heavy atom. The number of alkyl halides is 3. The lowest BCUT2D eigenvalue weighted by Gasteiger charge is -2.70. The highest BCUT2D eigenvalue weighted by molar-refractivity contribution is 5.77. The molecule has 0 amide bonds. The normalized spacial score (nSPS) is 29.1. The van der Waals surface area contributed by atoms with E-state index >= 15 is 0 Å². The van der Waals surface area contributed by atoms with Gasteiger partial charge in [0.2, 0.25) is 5.95 Å². The number of ether oxygens (including phenoxy) is 1. The molecule has 3 aromatic rings. The first-order valence-electron chi connectivity index (χ1n) is 12.5. The molecule has 196 valence electrons. The predicted molar refractivity (Wildman–Crippen MR) is 133 cm³/mol. The highest BCUT2D eigenvalue weighted by Crippen LogP contribution is 2.78. The second-order valence-corrected chi connectivity index (χ2v) is 11.2. The van der Waals surface area contributed by atoms with Crippen molar-refractivity contribution in [3.05, 3.63) is 41.0 Å². The van der Waals surface area contributed by atoms with Crippen molar-refractivity contribution < 1.29 is 17.9 Å². The number of hydrogen-bond donors (Lipinski definition) is 0. The summed E-state index contributed by atoms with van der Waals surface area (Å²) in [5.74, 6) is 1.30. The number of nitrogens with zero attached hydrogens (tertiary/aromatic N) is 7. The first kappa shape index (κ1) is 24.3. The maximum absolute atomic E-state index is 13.6. The van der Waals surface area contributed by atoms with Gasteiger partial charge in [-0.2, -0.15) is 18.2 Å². The van der Waals surface area contributed by atoms with Gasteiger partial charge in [0, 0.05) is 32.3 Å². The summed E-state index contributed by atoms with van der Waals surface area (Å²) in [4.78, 5) is 27.4. The molecule has 4 fully saturated rings. The van der Waals surface area contributed by atoms with Crippen molar-refractivity contribution >= 4 is 22.9 Å². The van der Waals surface area contributed by atoms with E-state index in [9.17, 15) is 13.2 Å². The first-order chi connectivity index (χ1) is 17.4. The van der Waals surface area contributed by atoms with Crippen LogP contribution in [0.25, 0.3) is 11.2 Å². The molecule has 37 heavy (non-hydrogen) atoms. The molecule has 3 aliphatic carbocycles. The van der Waals surface area contributed by atoms with E-state index in [-0.39, 0.29) is 31.5 Å². The predicted octanol–water partition coefficient (Wildman–Crippen LogP) is 4.45. The largest absolute Gasteiger partial charge is 0.394 e. The van der Waals surface area contributed by atoms with Gasteiger partial charge in [-0.1, -0.05) is 0 Å². The quantitative estimate of drug-likeness (QED) is 0.506. The smallest absolute Gasteiger partial charge is 0.367 e. The van der Waals surface area contributed by atoms with Gasteiger partial charge in [0.25, 0.3) is 0 Å². The van der Waals surface area contributed by atoms with Gasteiger partial charge >= 0.3 is 6.18 Å². The maximum atomic E-state index is 13.6. The van der Waals surface area contributed by atoms with Crippen molar-refractivity contribution in [2.75, 3.05) is 37.0 Å². The Morgan fingerprint density at radius 3 is 2.41 bits per heavy atom. The number of anilines is 2. The topological polar surface area (TPSA) is 80.2 Å². The number of halogens is 3. The third kappa shape index (κ3) is 3.72. The average Bonchev–Trinajstić information content (AvgIpc) is 2.77. The van der Waals surface area contributed by atoms with E-state index in [0.717, 1.165) is 22.8 Å². The standard InChI is InChI=1S/C26H30F3N7O/c1-14-9-36(10-18(37-14)17-6-7-30-19(8-17)35(4)5)23-33-21(20-22(34-23)32-16(3)15(2)31-20)24-11-25(12-24,13-24)26(27,28)29/h6-8,14,18H,9-13H2,1-5H3/t14-,18-,24?,25?/m1/s1. The molecule has 1 aliphatic heterocycles. The van der Waals surface area contributed by atoms with Crippen LogP contribution in [0.2, 0.25) is 0 Å². The van der Waals surface area contributed by atoms with Crippen molar-refractivity contribution in [1.82, 2.24) is 24.9 Å². The Kier molecular flexibility index (Phi) is 5.22. The summed E-state index contributed by atoms with van der Waals surface area (Å²) in [5, 5.41) is 0. The van der Waals surface area contributed by atoms with Gasteiger partial charge in [0.15, 0.2) is 5.65 Å². The minimum absolute atomic E-state index is 0.0517. The summed E-state index contributed by atoms with van der Waals surface area (Å²) in [6.45, 7) is 6.77. The molecule has 8 nitrogen and oxygen atoms in total. The Morgan fingerprint density at radius 1 is 1.03 bits per heavy atom. The van der Waals surface area contributed by atoms with Gasteiger partial charge in [-0.3, -0.25) is 0 Å². The van der Waals surface area contributed by atoms with E-state index in [1.54, 1.807) is 6.20 Å². The summed E-state index contributed by atoms with van der Waals surface area (Å²) in [6, 6.07) is 3.94. The van der Waals surface area contributed by atoms with Crippen molar-refractivity contribution in [3.8, 4) is 0 Å². The number of hydrogen-bond acceptors (Lipinski definition) is 8. The van der Waals surface area contributed by atoms with E-state index < -0.39 is 17.0 Å². The van der Waals surface area contributed by atoms with Crippen LogP contribution >= 0.6 is 0 Å². The molecule has 0 radical (unpaired) electrons. The molecule has 0 unspecified atom stereocenters. The summed E-state index contributed by atoms with van der Waals surface area (Å²) in [7, 11) is 3.87. The Bertz CT molecular complexity index is 1370. The van der Waals surface area contributed by atoms with Crippen molar-refractivity contribution in [3.63, 3.8) is 0 Å². The molecule has 0 N–H and O–H groups in total. The summed E-state index contributed by atoms with van der Waals surface area (Å²) >= 11 is 0. The molecule has 0 spiro atoms. The first-order valence-corrected chi connectivity index (χ1v) is 12.5. The third-order valence-electron chi connectivity index (χ3n) is 8.21. The monoisotopic (exact) mass is 513 g/mol. The SMILES string of the molecule is Cc1nc2nc(N3C[C@@H](C)O[C@@H](c4ccnc(N(C)C)c4)C3)nc(C34CC(C(F)(F)F)(C3)C4)c2nc1C. The van der Waals surface area contributed by atoms with Crippen molar-refractivity contribution in [2.45, 2.75) is 63.8 Å². The van der Waals surface area contributed by atoms with Crippen LogP contribution in [-0.2, 0) is 10.2 Å². The molecule has 4 heterocycles. The van der Waals surface area contributed by atoms with E-state index in [1.165, 1.54) is 0 Å². The van der Waals surface area contributed by atoms with Gasteiger partial charge in [-0.05, 0) is 57.7 Å². The lowest BCUT2D eigenvalue weighted by Crippen LogP contribution is -2.70. The highest BCUT2D eigenvalue weighted by Gasteiger charge is 2.79. The zero-order valence-corrected chi connectivity index (χ0v) is 21.6. The van der Waals surface area contributed by atoms with Crippen LogP contribution in [0.3, 0.4) is 0 Å². The number of aromatic nitrogens is 5. The summed E-state index contributed by atoms with van der Waals surface area (Å²) in [5.41, 5.74) is 1.82. The van der Waals surface area contributed by atoms with Crippen LogP contribution < -0.4 is 9.80 Å². The molecule has 11 heteroatoms. The second-order valence-electron chi connectivity index (χ2n) is 11.2. The average molecular weight is 514 g/mol. The van der Waals surface area contributed by atoms with Gasteiger partial charge in [-0.15, -0.1) is 0 Å². The van der Waals surface area contributed by atoms with Gasteiger partial charge in [-0.25, -0.2) is 19.9 Å². The van der Waals surface area contributed by atoms with Crippen molar-refractivity contribution in [1.29, 1.82) is 0 Å². The van der Waals surface area contributed by atoms with Gasteiger partial charge < -0.3 is 14.5 Å². The van der Waals surface area contributed by atoms with E-state index in [2.05, 4.69) is 14.9 Å². The Labute approximate surface area is 213 Å².